The van der Waals surface area contributed by atoms with E-state index in [4.69, 9.17) is 16.3 Å². The number of para-hydroxylation sites is 1. The van der Waals surface area contributed by atoms with E-state index < -0.39 is 11.8 Å². The minimum absolute atomic E-state index is 0.219. The van der Waals surface area contributed by atoms with Crippen LogP contribution in [0.15, 0.2) is 82.4 Å². The number of hydrogen-bond donors (Lipinski definition) is 2. The van der Waals surface area contributed by atoms with E-state index in [9.17, 15) is 9.59 Å². The highest BCUT2D eigenvalue weighted by molar-refractivity contribution is 9.10. The van der Waals surface area contributed by atoms with Crippen LogP contribution < -0.4 is 15.5 Å². The summed E-state index contributed by atoms with van der Waals surface area (Å²) in [7, 11) is 0. The van der Waals surface area contributed by atoms with Gasteiger partial charge in [-0.3, -0.25) is 9.59 Å². The topological polar surface area (TPSA) is 79.8 Å². The van der Waals surface area contributed by atoms with Crippen molar-refractivity contribution < 1.29 is 14.3 Å². The van der Waals surface area contributed by atoms with Crippen LogP contribution in [-0.2, 0) is 11.4 Å². The lowest BCUT2D eigenvalue weighted by molar-refractivity contribution is -0.120. The molecule has 0 aromatic heterocycles. The second-order valence-corrected chi connectivity index (χ2v) is 7.79. The van der Waals surface area contributed by atoms with Crippen LogP contribution in [0.3, 0.4) is 0 Å². The Bertz CT molecular complexity index is 1100. The van der Waals surface area contributed by atoms with E-state index in [2.05, 4.69) is 31.8 Å². The molecule has 0 fully saturated rings. The van der Waals surface area contributed by atoms with Gasteiger partial charge < -0.3 is 10.1 Å². The Morgan fingerprint density at radius 3 is 2.65 bits per heavy atom. The fraction of sp³-hybridized carbons (Fsp3) is 0.0870. The molecule has 31 heavy (non-hydrogen) atoms. The highest BCUT2D eigenvalue weighted by Crippen LogP contribution is 2.19. The van der Waals surface area contributed by atoms with E-state index >= 15 is 0 Å². The largest absolute Gasteiger partial charge is 0.488 e. The number of hydrazone groups is 1. The predicted octanol–water partition coefficient (Wildman–Crippen LogP) is 4.56. The molecule has 0 saturated heterocycles. The van der Waals surface area contributed by atoms with Gasteiger partial charge in [-0.2, -0.15) is 5.10 Å². The van der Waals surface area contributed by atoms with Gasteiger partial charge in [0.05, 0.1) is 12.8 Å². The van der Waals surface area contributed by atoms with Crippen molar-refractivity contribution >= 4 is 45.6 Å². The van der Waals surface area contributed by atoms with Crippen molar-refractivity contribution in [3.8, 4) is 5.75 Å². The Balaban J connectivity index is 1.51. The van der Waals surface area contributed by atoms with Gasteiger partial charge in [-0.15, -0.1) is 0 Å². The zero-order chi connectivity index (χ0) is 22.1. The van der Waals surface area contributed by atoms with Crippen molar-refractivity contribution in [2.45, 2.75) is 6.61 Å². The molecule has 2 N–H and O–H groups in total. The average Bonchev–Trinajstić information content (AvgIpc) is 2.77. The maximum Gasteiger partial charge on any atom is 0.259 e. The van der Waals surface area contributed by atoms with Gasteiger partial charge in [0, 0.05) is 20.6 Å². The molecule has 0 aliphatic heterocycles. The lowest BCUT2D eigenvalue weighted by atomic mass is 10.2. The standard InChI is InChI=1S/C23H19BrClN3O3/c24-19-8-3-5-16(11-19)15-31-21-10-2-1-6-18(21)13-27-28-22(29)14-26-23(30)17-7-4-9-20(25)12-17/h1-13H,14-15H2,(H,26,30)(H,28,29)/b27-13+. The van der Waals surface area contributed by atoms with E-state index in [0.717, 1.165) is 10.0 Å². The molecule has 158 valence electrons. The van der Waals surface area contributed by atoms with Gasteiger partial charge in [0.1, 0.15) is 12.4 Å². The monoisotopic (exact) mass is 499 g/mol. The van der Waals surface area contributed by atoms with Crippen molar-refractivity contribution in [2.75, 3.05) is 6.54 Å². The number of amides is 2. The van der Waals surface area contributed by atoms with Gasteiger partial charge in [0.15, 0.2) is 0 Å². The van der Waals surface area contributed by atoms with Crippen molar-refractivity contribution in [2.24, 2.45) is 5.10 Å². The number of nitrogens with zero attached hydrogens (tertiary/aromatic N) is 1. The van der Waals surface area contributed by atoms with Crippen molar-refractivity contribution in [3.05, 3.63) is 99.0 Å². The van der Waals surface area contributed by atoms with Crippen LogP contribution in [0.2, 0.25) is 5.02 Å². The molecule has 8 heteroatoms. The van der Waals surface area contributed by atoms with Crippen LogP contribution >= 0.6 is 27.5 Å². The van der Waals surface area contributed by atoms with Gasteiger partial charge in [-0.25, -0.2) is 5.43 Å². The number of benzene rings is 3. The summed E-state index contributed by atoms with van der Waals surface area (Å²) in [5.41, 5.74) is 4.49. The predicted molar refractivity (Wildman–Crippen MR) is 124 cm³/mol. The Morgan fingerprint density at radius 2 is 1.84 bits per heavy atom. The molecule has 2 amide bonds. The zero-order valence-corrected chi connectivity index (χ0v) is 18.7. The highest BCUT2D eigenvalue weighted by Gasteiger charge is 2.08. The van der Waals surface area contributed by atoms with Gasteiger partial charge in [0.2, 0.25) is 0 Å². The molecule has 0 unspecified atom stereocenters. The second-order valence-electron chi connectivity index (χ2n) is 6.44. The second kappa shape index (κ2) is 11.3. The first-order valence-electron chi connectivity index (χ1n) is 9.33. The van der Waals surface area contributed by atoms with Crippen molar-refractivity contribution in [3.63, 3.8) is 0 Å². The minimum Gasteiger partial charge on any atom is -0.488 e. The Morgan fingerprint density at radius 1 is 1.03 bits per heavy atom. The molecule has 0 atom stereocenters. The van der Waals surface area contributed by atoms with E-state index in [-0.39, 0.29) is 6.54 Å². The summed E-state index contributed by atoms with van der Waals surface area (Å²) >= 11 is 9.30. The lowest BCUT2D eigenvalue weighted by Crippen LogP contribution is -2.34. The molecule has 0 aliphatic carbocycles. The van der Waals surface area contributed by atoms with Gasteiger partial charge in [0.25, 0.3) is 11.8 Å². The van der Waals surface area contributed by atoms with Gasteiger partial charge >= 0.3 is 0 Å². The molecular weight excluding hydrogens is 482 g/mol. The van der Waals surface area contributed by atoms with Crippen LogP contribution in [0.1, 0.15) is 21.5 Å². The summed E-state index contributed by atoms with van der Waals surface area (Å²) < 4.78 is 6.86. The molecular formula is C23H19BrClN3O3. The summed E-state index contributed by atoms with van der Waals surface area (Å²) in [5.74, 6) is -0.221. The fourth-order valence-corrected chi connectivity index (χ4v) is 3.25. The molecule has 3 aromatic rings. The first-order chi connectivity index (χ1) is 15.0. The number of rotatable bonds is 8. The van der Waals surface area contributed by atoms with Crippen LogP contribution in [0.25, 0.3) is 0 Å². The van der Waals surface area contributed by atoms with Crippen molar-refractivity contribution in [1.29, 1.82) is 0 Å². The quantitative estimate of drug-likeness (QED) is 0.351. The van der Waals surface area contributed by atoms with E-state index in [1.165, 1.54) is 12.3 Å². The van der Waals surface area contributed by atoms with Crippen LogP contribution in [0, 0.1) is 0 Å². The molecule has 0 heterocycles. The molecule has 0 spiro atoms. The van der Waals surface area contributed by atoms with Crippen LogP contribution in [-0.4, -0.2) is 24.6 Å². The molecule has 6 nitrogen and oxygen atoms in total. The summed E-state index contributed by atoms with van der Waals surface area (Å²) in [6.45, 7) is 0.176. The van der Waals surface area contributed by atoms with Crippen molar-refractivity contribution in [1.82, 2.24) is 10.7 Å². The Hall–Kier alpha value is -3.16. The van der Waals surface area contributed by atoms with Crippen LogP contribution in [0.5, 0.6) is 5.75 Å². The SMILES string of the molecule is O=C(CNC(=O)c1cccc(Cl)c1)N/N=C/c1ccccc1OCc1cccc(Br)c1. The van der Waals surface area contributed by atoms with E-state index in [1.54, 1.807) is 18.2 Å². The Kier molecular flexibility index (Phi) is 8.20. The van der Waals surface area contributed by atoms with E-state index in [0.29, 0.717) is 28.5 Å². The number of hydrogen-bond acceptors (Lipinski definition) is 4. The molecule has 0 saturated carbocycles. The summed E-state index contributed by atoms with van der Waals surface area (Å²) in [5, 5.41) is 6.92. The number of halogens is 2. The third-order valence-electron chi connectivity index (χ3n) is 4.09. The molecule has 0 radical (unpaired) electrons. The number of carbonyl (C=O) groups excluding carboxylic acids is 2. The average molecular weight is 501 g/mol. The third kappa shape index (κ3) is 7.24. The molecule has 0 aliphatic rings. The first-order valence-corrected chi connectivity index (χ1v) is 10.5. The zero-order valence-electron chi connectivity index (χ0n) is 16.3. The molecule has 3 rings (SSSR count). The first kappa shape index (κ1) is 22.5. The van der Waals surface area contributed by atoms with E-state index in [1.807, 2.05) is 48.5 Å². The summed E-state index contributed by atoms with van der Waals surface area (Å²) in [6.07, 6.45) is 1.49. The highest BCUT2D eigenvalue weighted by atomic mass is 79.9. The van der Waals surface area contributed by atoms with Gasteiger partial charge in [-0.05, 0) is 48.0 Å². The lowest BCUT2D eigenvalue weighted by Gasteiger charge is -2.09. The molecule has 3 aromatic carbocycles. The summed E-state index contributed by atoms with van der Waals surface area (Å²) in [6, 6.07) is 21.7. The number of ether oxygens (including phenoxy) is 1. The molecule has 0 bridgehead atoms. The minimum atomic E-state index is -0.459. The third-order valence-corrected chi connectivity index (χ3v) is 4.82. The smallest absolute Gasteiger partial charge is 0.259 e. The fourth-order valence-electron chi connectivity index (χ4n) is 2.61. The maximum absolute atomic E-state index is 12.0. The van der Waals surface area contributed by atoms with Crippen LogP contribution in [0.4, 0.5) is 0 Å². The number of nitrogens with one attached hydrogen (secondary N) is 2. The summed E-state index contributed by atoms with van der Waals surface area (Å²) in [4.78, 5) is 24.0. The maximum atomic E-state index is 12.0. The Labute approximate surface area is 193 Å². The normalized spacial score (nSPS) is 10.6. The van der Waals surface area contributed by atoms with Gasteiger partial charge in [-0.1, -0.05) is 57.9 Å². The number of carbonyl (C=O) groups is 2.